The maximum atomic E-state index is 12.4. The second kappa shape index (κ2) is 7.70. The van der Waals surface area contributed by atoms with Gasteiger partial charge in [0.15, 0.2) is 0 Å². The van der Waals surface area contributed by atoms with Crippen molar-refractivity contribution in [3.63, 3.8) is 0 Å². The molecule has 0 atom stereocenters. The lowest BCUT2D eigenvalue weighted by Crippen LogP contribution is -2.35. The van der Waals surface area contributed by atoms with Gasteiger partial charge in [0.05, 0.1) is 5.56 Å². The van der Waals surface area contributed by atoms with Crippen LogP contribution in [0, 0.1) is 0 Å². The molecule has 0 bridgehead atoms. The van der Waals surface area contributed by atoms with E-state index in [1.807, 2.05) is 30.3 Å². The molecule has 0 aromatic heterocycles. The van der Waals surface area contributed by atoms with Crippen molar-refractivity contribution in [2.24, 2.45) is 0 Å². The van der Waals surface area contributed by atoms with Crippen LogP contribution in [-0.2, 0) is 21.2 Å². The van der Waals surface area contributed by atoms with Gasteiger partial charge in [0.25, 0.3) is 15.9 Å². The summed E-state index contributed by atoms with van der Waals surface area (Å²) in [5, 5.41) is 2.77. The Morgan fingerprint density at radius 1 is 1.00 bits per heavy atom. The van der Waals surface area contributed by atoms with Gasteiger partial charge in [0.2, 0.25) is 5.91 Å². The van der Waals surface area contributed by atoms with Crippen LogP contribution >= 0.6 is 0 Å². The van der Waals surface area contributed by atoms with Crippen molar-refractivity contribution in [2.75, 3.05) is 13.1 Å². The Morgan fingerprint density at radius 3 is 2.42 bits per heavy atom. The Morgan fingerprint density at radius 2 is 1.69 bits per heavy atom. The summed E-state index contributed by atoms with van der Waals surface area (Å²) in [6, 6.07) is 16.1. The number of hydrogen-bond acceptors (Lipinski definition) is 4. The molecule has 2 aromatic carbocycles. The molecule has 6 nitrogen and oxygen atoms in total. The monoisotopic (exact) mass is 372 g/mol. The lowest BCUT2D eigenvalue weighted by molar-refractivity contribution is -0.121. The number of hydrogen-bond donors (Lipinski definition) is 1. The minimum absolute atomic E-state index is 0.00766. The maximum absolute atomic E-state index is 12.4. The Kier molecular flexibility index (Phi) is 5.37. The molecule has 0 spiro atoms. The first kappa shape index (κ1) is 18.1. The highest BCUT2D eigenvalue weighted by Crippen LogP contribution is 2.29. The Bertz CT molecular complexity index is 910. The molecular weight excluding hydrogens is 352 g/mol. The molecule has 1 aliphatic heterocycles. The summed E-state index contributed by atoms with van der Waals surface area (Å²) in [6.45, 7) is 0.356. The van der Waals surface area contributed by atoms with Gasteiger partial charge in [-0.2, -0.15) is 0 Å². The van der Waals surface area contributed by atoms with Gasteiger partial charge in [-0.05, 0) is 30.5 Å². The average molecular weight is 372 g/mol. The number of sulfonamides is 1. The summed E-state index contributed by atoms with van der Waals surface area (Å²) in [5.74, 6) is -0.838. The maximum Gasteiger partial charge on any atom is 0.269 e. The van der Waals surface area contributed by atoms with Gasteiger partial charge >= 0.3 is 0 Å². The van der Waals surface area contributed by atoms with Crippen molar-refractivity contribution in [2.45, 2.75) is 24.2 Å². The van der Waals surface area contributed by atoms with Gasteiger partial charge in [-0.15, -0.1) is 0 Å². The molecule has 136 valence electrons. The van der Waals surface area contributed by atoms with Gasteiger partial charge in [-0.25, -0.2) is 12.7 Å². The highest BCUT2D eigenvalue weighted by atomic mass is 32.2. The molecule has 0 radical (unpaired) electrons. The number of nitrogens with one attached hydrogen (secondary N) is 1. The predicted octanol–water partition coefficient (Wildman–Crippen LogP) is 1.97. The highest BCUT2D eigenvalue weighted by Gasteiger charge is 2.40. The number of aryl methyl sites for hydroxylation is 1. The topological polar surface area (TPSA) is 83.6 Å². The molecule has 0 saturated heterocycles. The molecule has 1 aliphatic rings. The zero-order valence-electron chi connectivity index (χ0n) is 14.2. The van der Waals surface area contributed by atoms with Crippen LogP contribution in [0.1, 0.15) is 28.8 Å². The average Bonchev–Trinajstić information content (AvgIpc) is 2.84. The number of benzene rings is 2. The van der Waals surface area contributed by atoms with Gasteiger partial charge in [0, 0.05) is 19.5 Å². The Balaban J connectivity index is 1.47. The number of carbonyl (C=O) groups is 2. The molecular formula is C19H20N2O4S. The zero-order chi connectivity index (χ0) is 18.6. The molecule has 7 heteroatoms. The lowest BCUT2D eigenvalue weighted by atomic mass is 10.1. The van der Waals surface area contributed by atoms with Crippen LogP contribution < -0.4 is 5.32 Å². The lowest BCUT2D eigenvalue weighted by Gasteiger charge is -2.14. The molecule has 1 N–H and O–H groups in total. The van der Waals surface area contributed by atoms with E-state index >= 15 is 0 Å². The fraction of sp³-hybridized carbons (Fsp3) is 0.263. The Hall–Kier alpha value is -2.67. The zero-order valence-corrected chi connectivity index (χ0v) is 15.0. The summed E-state index contributed by atoms with van der Waals surface area (Å²) in [6.07, 6.45) is 1.60. The molecule has 3 rings (SSSR count). The third kappa shape index (κ3) is 3.77. The van der Waals surface area contributed by atoms with Crippen LogP contribution in [0.2, 0.25) is 0 Å². The summed E-state index contributed by atoms with van der Waals surface area (Å²) in [5.41, 5.74) is 1.36. The third-order valence-electron chi connectivity index (χ3n) is 4.26. The van der Waals surface area contributed by atoms with E-state index in [0.717, 1.165) is 17.1 Å². The number of carbonyl (C=O) groups excluding carboxylic acids is 2. The molecule has 2 amide bonds. The summed E-state index contributed by atoms with van der Waals surface area (Å²) >= 11 is 0. The number of fused-ring (bicyclic) bond motifs is 1. The van der Waals surface area contributed by atoms with Gasteiger partial charge in [-0.3, -0.25) is 9.59 Å². The quantitative estimate of drug-likeness (QED) is 0.753. The van der Waals surface area contributed by atoms with E-state index in [4.69, 9.17) is 0 Å². The van der Waals surface area contributed by atoms with Crippen molar-refractivity contribution in [3.8, 4) is 0 Å². The summed E-state index contributed by atoms with van der Waals surface area (Å²) < 4.78 is 25.6. The van der Waals surface area contributed by atoms with Gasteiger partial charge in [-0.1, -0.05) is 42.5 Å². The fourth-order valence-corrected chi connectivity index (χ4v) is 4.48. The molecule has 0 aliphatic carbocycles. The molecule has 0 fully saturated rings. The van der Waals surface area contributed by atoms with Crippen LogP contribution in [0.5, 0.6) is 0 Å². The number of rotatable bonds is 7. The van der Waals surface area contributed by atoms with Crippen LogP contribution in [0.25, 0.3) is 0 Å². The molecule has 0 unspecified atom stereocenters. The van der Waals surface area contributed by atoms with Crippen molar-refractivity contribution in [3.05, 3.63) is 65.7 Å². The number of amides is 2. The van der Waals surface area contributed by atoms with E-state index in [-0.39, 0.29) is 29.3 Å². The van der Waals surface area contributed by atoms with E-state index in [0.29, 0.717) is 6.54 Å². The van der Waals surface area contributed by atoms with Crippen LogP contribution in [0.4, 0.5) is 0 Å². The first-order valence-electron chi connectivity index (χ1n) is 8.47. The highest BCUT2D eigenvalue weighted by molar-refractivity contribution is 7.90. The first-order valence-corrected chi connectivity index (χ1v) is 9.91. The Labute approximate surface area is 152 Å². The first-order chi connectivity index (χ1) is 12.5. The minimum atomic E-state index is -3.85. The minimum Gasteiger partial charge on any atom is -0.356 e. The molecule has 2 aromatic rings. The summed E-state index contributed by atoms with van der Waals surface area (Å²) in [7, 11) is -3.85. The van der Waals surface area contributed by atoms with E-state index in [2.05, 4.69) is 5.32 Å². The van der Waals surface area contributed by atoms with Crippen molar-refractivity contribution in [1.82, 2.24) is 9.62 Å². The summed E-state index contributed by atoms with van der Waals surface area (Å²) in [4.78, 5) is 24.2. The largest absolute Gasteiger partial charge is 0.356 e. The van der Waals surface area contributed by atoms with Crippen LogP contribution in [-0.4, -0.2) is 37.6 Å². The standard InChI is InChI=1S/C19H20N2O4S/c22-18(20-13-6-9-15-7-2-1-3-8-15)12-14-21-19(23)16-10-4-5-11-17(16)26(21,24)25/h1-5,7-8,10-11H,6,9,12-14H2,(H,20,22). The van der Waals surface area contributed by atoms with E-state index in [1.54, 1.807) is 12.1 Å². The van der Waals surface area contributed by atoms with Gasteiger partial charge < -0.3 is 5.32 Å². The normalized spacial score (nSPS) is 14.9. The third-order valence-corrected chi connectivity index (χ3v) is 6.10. The predicted molar refractivity (Wildman–Crippen MR) is 97.1 cm³/mol. The second-order valence-corrected chi connectivity index (χ2v) is 7.90. The van der Waals surface area contributed by atoms with E-state index < -0.39 is 15.9 Å². The van der Waals surface area contributed by atoms with E-state index in [9.17, 15) is 18.0 Å². The number of nitrogens with zero attached hydrogens (tertiary/aromatic N) is 1. The second-order valence-electron chi connectivity index (χ2n) is 6.07. The molecule has 0 saturated carbocycles. The smallest absolute Gasteiger partial charge is 0.269 e. The molecule has 26 heavy (non-hydrogen) atoms. The van der Waals surface area contributed by atoms with E-state index in [1.165, 1.54) is 17.7 Å². The van der Waals surface area contributed by atoms with Crippen molar-refractivity contribution >= 4 is 21.8 Å². The fourth-order valence-electron chi connectivity index (χ4n) is 2.91. The van der Waals surface area contributed by atoms with Crippen molar-refractivity contribution in [1.29, 1.82) is 0 Å². The SMILES string of the molecule is O=C(CCN1C(=O)c2ccccc2S1(=O)=O)NCCCc1ccccc1. The van der Waals surface area contributed by atoms with Crippen LogP contribution in [0.15, 0.2) is 59.5 Å². The van der Waals surface area contributed by atoms with Crippen molar-refractivity contribution < 1.29 is 18.0 Å². The molecule has 1 heterocycles. The van der Waals surface area contributed by atoms with Crippen LogP contribution in [0.3, 0.4) is 0 Å². The van der Waals surface area contributed by atoms with Gasteiger partial charge in [0.1, 0.15) is 4.90 Å².